The lowest BCUT2D eigenvalue weighted by Gasteiger charge is -2.33. The third-order valence-electron chi connectivity index (χ3n) is 6.98. The summed E-state index contributed by atoms with van der Waals surface area (Å²) in [4.78, 5) is 56.1. The lowest BCUT2D eigenvalue weighted by molar-refractivity contribution is 0.0578. The summed E-state index contributed by atoms with van der Waals surface area (Å²) < 4.78 is 0. The molecule has 1 unspecified atom stereocenters. The maximum Gasteiger partial charge on any atom is 0.265 e. The highest BCUT2D eigenvalue weighted by atomic mass is 16.2. The Labute approximate surface area is 198 Å². The normalized spacial score (nSPS) is 15.9. The van der Waals surface area contributed by atoms with E-state index in [1.807, 2.05) is 6.07 Å². The molecule has 4 amide bonds. The number of anilines is 1. The summed E-state index contributed by atoms with van der Waals surface area (Å²) in [6.07, 6.45) is 3.96. The monoisotopic (exact) mass is 454 g/mol. The Hall–Kier alpha value is -3.80. The van der Waals surface area contributed by atoms with E-state index in [1.165, 1.54) is 4.90 Å². The van der Waals surface area contributed by atoms with Crippen molar-refractivity contribution in [2.45, 2.75) is 39.5 Å². The molecule has 0 bridgehead atoms. The van der Waals surface area contributed by atoms with Crippen LogP contribution in [0.4, 0.5) is 5.69 Å². The first-order chi connectivity index (χ1) is 16.5. The fourth-order valence-electron chi connectivity index (χ4n) is 5.08. The van der Waals surface area contributed by atoms with E-state index in [0.717, 1.165) is 30.6 Å². The lowest BCUT2D eigenvalue weighted by atomic mass is 9.85. The zero-order chi connectivity index (χ0) is 24.0. The smallest absolute Gasteiger partial charge is 0.265 e. The molecule has 1 atom stereocenters. The molecule has 2 aliphatic rings. The second kappa shape index (κ2) is 8.52. The fourth-order valence-corrected chi connectivity index (χ4v) is 5.08. The van der Waals surface area contributed by atoms with Gasteiger partial charge in [-0.05, 0) is 48.7 Å². The number of amides is 4. The molecule has 2 aliphatic heterocycles. The molecule has 0 fully saturated rings. The molecule has 0 aromatic heterocycles. The van der Waals surface area contributed by atoms with E-state index >= 15 is 0 Å². The van der Waals surface area contributed by atoms with Crippen molar-refractivity contribution >= 4 is 40.1 Å². The minimum Gasteiger partial charge on any atom is -0.274 e. The van der Waals surface area contributed by atoms with E-state index in [0.29, 0.717) is 45.3 Å². The van der Waals surface area contributed by atoms with Gasteiger partial charge in [0.1, 0.15) is 0 Å². The minimum absolute atomic E-state index is 0.241. The fraction of sp³-hybridized carbons (Fsp3) is 0.286. The third kappa shape index (κ3) is 3.24. The van der Waals surface area contributed by atoms with Gasteiger partial charge in [0.2, 0.25) is 0 Å². The van der Waals surface area contributed by atoms with Gasteiger partial charge in [0.25, 0.3) is 23.6 Å². The average molecular weight is 455 g/mol. The molecule has 2 heterocycles. The quantitative estimate of drug-likeness (QED) is 0.445. The lowest BCUT2D eigenvalue weighted by Crippen LogP contribution is -2.44. The van der Waals surface area contributed by atoms with Crippen molar-refractivity contribution in [1.29, 1.82) is 0 Å². The van der Waals surface area contributed by atoms with Crippen LogP contribution in [0.15, 0.2) is 54.6 Å². The SMILES string of the molecule is CCCCC(CC)CN1C(=O)c2ccc3c4c(ccc(c24)C1=O)C(=O)N(c1ccccc1)C3=O. The number of unbranched alkanes of at least 4 members (excludes halogenated alkanes) is 1. The van der Waals surface area contributed by atoms with E-state index in [4.69, 9.17) is 0 Å². The van der Waals surface area contributed by atoms with Gasteiger partial charge in [-0.2, -0.15) is 0 Å². The number of carbonyl (C=O) groups is 4. The summed E-state index contributed by atoms with van der Waals surface area (Å²) >= 11 is 0. The van der Waals surface area contributed by atoms with E-state index in [2.05, 4.69) is 13.8 Å². The molecule has 0 saturated carbocycles. The van der Waals surface area contributed by atoms with Gasteiger partial charge in [0.15, 0.2) is 0 Å². The van der Waals surface area contributed by atoms with Gasteiger partial charge in [-0.15, -0.1) is 0 Å². The molecule has 6 heteroatoms. The van der Waals surface area contributed by atoms with Crippen molar-refractivity contribution in [2.24, 2.45) is 5.92 Å². The molecule has 3 aromatic carbocycles. The van der Waals surface area contributed by atoms with Crippen LogP contribution >= 0.6 is 0 Å². The standard InChI is InChI=1S/C28H26N2O4/c1-3-5-9-17(4-2)16-29-25(31)19-12-14-21-24-22(15-13-20(23(19)24)26(29)32)28(34)30(27(21)33)18-10-7-6-8-11-18/h6-8,10-15,17H,3-5,9,16H2,1-2H3. The van der Waals surface area contributed by atoms with Gasteiger partial charge in [0.05, 0.1) is 5.69 Å². The zero-order valence-electron chi connectivity index (χ0n) is 19.3. The molecular weight excluding hydrogens is 428 g/mol. The first-order valence-electron chi connectivity index (χ1n) is 11.9. The Kier molecular flexibility index (Phi) is 5.52. The van der Waals surface area contributed by atoms with Gasteiger partial charge in [0, 0.05) is 39.6 Å². The van der Waals surface area contributed by atoms with Gasteiger partial charge in [-0.1, -0.05) is 51.3 Å². The maximum atomic E-state index is 13.4. The number of imide groups is 2. The van der Waals surface area contributed by atoms with Gasteiger partial charge in [-0.25, -0.2) is 4.90 Å². The highest BCUT2D eigenvalue weighted by Gasteiger charge is 2.40. The number of carbonyl (C=O) groups excluding carboxylic acids is 4. The average Bonchev–Trinajstić information content (AvgIpc) is 2.86. The second-order valence-electron chi connectivity index (χ2n) is 8.99. The van der Waals surface area contributed by atoms with E-state index in [9.17, 15) is 19.2 Å². The number of rotatable bonds is 7. The van der Waals surface area contributed by atoms with Crippen LogP contribution < -0.4 is 4.90 Å². The maximum absolute atomic E-state index is 13.4. The summed E-state index contributed by atoms with van der Waals surface area (Å²) in [5, 5.41) is 0.814. The van der Waals surface area contributed by atoms with Gasteiger partial charge in [-0.3, -0.25) is 24.1 Å². The molecule has 172 valence electrons. The Morgan fingerprint density at radius 3 is 1.65 bits per heavy atom. The molecule has 6 nitrogen and oxygen atoms in total. The first kappa shape index (κ1) is 22.0. The van der Waals surface area contributed by atoms with Crippen LogP contribution in [0.5, 0.6) is 0 Å². The predicted molar refractivity (Wildman–Crippen MR) is 130 cm³/mol. The zero-order valence-corrected chi connectivity index (χ0v) is 19.3. The number of benzene rings is 3. The highest BCUT2D eigenvalue weighted by Crippen LogP contribution is 2.39. The predicted octanol–water partition coefficient (Wildman–Crippen LogP) is 5.45. The molecule has 0 spiro atoms. The Morgan fingerprint density at radius 1 is 0.676 bits per heavy atom. The van der Waals surface area contributed by atoms with Crippen molar-refractivity contribution in [3.05, 3.63) is 76.9 Å². The highest BCUT2D eigenvalue weighted by molar-refractivity contribution is 6.39. The van der Waals surface area contributed by atoms with Crippen molar-refractivity contribution in [2.75, 3.05) is 11.4 Å². The summed E-state index contributed by atoms with van der Waals surface area (Å²) in [5.41, 5.74) is 1.86. The summed E-state index contributed by atoms with van der Waals surface area (Å²) in [6, 6.07) is 15.2. The molecule has 0 radical (unpaired) electrons. The number of nitrogens with zero attached hydrogens (tertiary/aromatic N) is 2. The third-order valence-corrected chi connectivity index (χ3v) is 6.98. The van der Waals surface area contributed by atoms with E-state index in [1.54, 1.807) is 48.5 Å². The van der Waals surface area contributed by atoms with Crippen molar-refractivity contribution in [3.63, 3.8) is 0 Å². The van der Waals surface area contributed by atoms with Gasteiger partial charge >= 0.3 is 0 Å². The van der Waals surface area contributed by atoms with Crippen LogP contribution in [-0.4, -0.2) is 35.1 Å². The summed E-state index contributed by atoms with van der Waals surface area (Å²) in [6.45, 7) is 4.58. The van der Waals surface area contributed by atoms with Crippen LogP contribution in [0.25, 0.3) is 10.8 Å². The Morgan fingerprint density at radius 2 is 1.18 bits per heavy atom. The van der Waals surface area contributed by atoms with Crippen LogP contribution in [-0.2, 0) is 0 Å². The molecule has 5 rings (SSSR count). The van der Waals surface area contributed by atoms with Crippen molar-refractivity contribution < 1.29 is 19.2 Å². The van der Waals surface area contributed by atoms with E-state index < -0.39 is 11.8 Å². The summed E-state index contributed by atoms with van der Waals surface area (Å²) in [5.74, 6) is -1.39. The Balaban J connectivity index is 1.61. The topological polar surface area (TPSA) is 74.8 Å². The number of hydrogen-bond acceptors (Lipinski definition) is 4. The molecule has 34 heavy (non-hydrogen) atoms. The van der Waals surface area contributed by atoms with E-state index in [-0.39, 0.29) is 17.7 Å². The van der Waals surface area contributed by atoms with Crippen LogP contribution in [0.3, 0.4) is 0 Å². The minimum atomic E-state index is -0.458. The first-order valence-corrected chi connectivity index (χ1v) is 11.9. The molecule has 0 N–H and O–H groups in total. The molecule has 3 aromatic rings. The number of hydrogen-bond donors (Lipinski definition) is 0. The Bertz CT molecular complexity index is 1270. The molecular formula is C28H26N2O4. The van der Waals surface area contributed by atoms with Crippen LogP contribution in [0.1, 0.15) is 81.0 Å². The largest absolute Gasteiger partial charge is 0.274 e. The van der Waals surface area contributed by atoms with Crippen molar-refractivity contribution in [3.8, 4) is 0 Å². The molecule has 0 saturated heterocycles. The summed E-state index contributed by atoms with van der Waals surface area (Å²) in [7, 11) is 0. The van der Waals surface area contributed by atoms with Crippen LogP contribution in [0, 0.1) is 5.92 Å². The van der Waals surface area contributed by atoms with Gasteiger partial charge < -0.3 is 0 Å². The number of para-hydroxylation sites is 1. The molecule has 0 aliphatic carbocycles. The van der Waals surface area contributed by atoms with Crippen LogP contribution in [0.2, 0.25) is 0 Å². The van der Waals surface area contributed by atoms with Crippen molar-refractivity contribution in [1.82, 2.24) is 4.90 Å². The second-order valence-corrected chi connectivity index (χ2v) is 8.99.